The molecule has 3 aromatic rings. The number of amides is 2. The monoisotopic (exact) mass is 354 g/mol. The van der Waals surface area contributed by atoms with Crippen LogP contribution in [0.5, 0.6) is 5.75 Å². The zero-order valence-corrected chi connectivity index (χ0v) is 14.8. The molecule has 0 aliphatic carbocycles. The number of carbonyl (C=O) groups excluding carboxylic acids is 1. The molecule has 6 heteroatoms. The van der Waals surface area contributed by atoms with Gasteiger partial charge in [0.05, 0.1) is 18.8 Å². The van der Waals surface area contributed by atoms with E-state index >= 15 is 0 Å². The van der Waals surface area contributed by atoms with Crippen LogP contribution in [0.1, 0.15) is 19.6 Å². The first-order valence-electron chi connectivity index (χ1n) is 8.48. The van der Waals surface area contributed by atoms with Crippen molar-refractivity contribution in [2.75, 3.05) is 18.5 Å². The van der Waals surface area contributed by atoms with E-state index in [1.165, 1.54) is 0 Å². The fourth-order valence-electron chi connectivity index (χ4n) is 2.60. The summed E-state index contributed by atoms with van der Waals surface area (Å²) in [7, 11) is 0. The number of urea groups is 1. The summed E-state index contributed by atoms with van der Waals surface area (Å²) < 4.78 is 11.2. The van der Waals surface area contributed by atoms with Gasteiger partial charge in [0.25, 0.3) is 0 Å². The van der Waals surface area contributed by atoms with Crippen LogP contribution in [0.3, 0.4) is 0 Å². The highest BCUT2D eigenvalue weighted by Gasteiger charge is 2.28. The van der Waals surface area contributed by atoms with Gasteiger partial charge in [0, 0.05) is 5.39 Å². The van der Waals surface area contributed by atoms with Crippen LogP contribution in [0, 0.1) is 0 Å². The molecule has 3 rings (SSSR count). The summed E-state index contributed by atoms with van der Waals surface area (Å²) in [5, 5.41) is 17.0. The standard InChI is InChI=1S/C20H22N2O4/c1-3-25-17-11-7-5-9-15(17)22-19(23)21-13-20(2,24)18-12-14-8-4-6-10-16(14)26-18/h4-12,24H,3,13H2,1-2H3,(H2,21,22,23). The quantitative estimate of drug-likeness (QED) is 0.628. The molecule has 0 aliphatic heterocycles. The lowest BCUT2D eigenvalue weighted by atomic mass is 10.0. The van der Waals surface area contributed by atoms with Crippen molar-refractivity contribution in [1.82, 2.24) is 5.32 Å². The average molecular weight is 354 g/mol. The number of hydrogen-bond donors (Lipinski definition) is 3. The first kappa shape index (κ1) is 17.8. The molecule has 0 saturated heterocycles. The third kappa shape index (κ3) is 3.97. The minimum atomic E-state index is -1.34. The second kappa shape index (κ2) is 7.49. The Morgan fingerprint density at radius 2 is 1.92 bits per heavy atom. The van der Waals surface area contributed by atoms with Gasteiger partial charge >= 0.3 is 6.03 Å². The van der Waals surface area contributed by atoms with Gasteiger partial charge in [0.1, 0.15) is 22.7 Å². The van der Waals surface area contributed by atoms with Gasteiger partial charge in [-0.1, -0.05) is 30.3 Å². The van der Waals surface area contributed by atoms with Crippen molar-refractivity contribution in [2.45, 2.75) is 19.4 Å². The number of benzene rings is 2. The molecule has 1 heterocycles. The predicted octanol–water partition coefficient (Wildman–Crippen LogP) is 3.86. The van der Waals surface area contributed by atoms with Crippen molar-refractivity contribution in [3.05, 3.63) is 60.4 Å². The van der Waals surface area contributed by atoms with E-state index in [9.17, 15) is 9.90 Å². The molecular weight excluding hydrogens is 332 g/mol. The van der Waals surface area contributed by atoms with Crippen molar-refractivity contribution in [2.24, 2.45) is 0 Å². The molecule has 0 bridgehead atoms. The lowest BCUT2D eigenvalue weighted by Gasteiger charge is -2.21. The van der Waals surface area contributed by atoms with Crippen LogP contribution in [0.15, 0.2) is 59.0 Å². The maximum atomic E-state index is 12.2. The Kier molecular flexibility index (Phi) is 5.14. The van der Waals surface area contributed by atoms with Gasteiger partial charge < -0.3 is 24.9 Å². The number of rotatable bonds is 6. The molecule has 0 aliphatic rings. The number of hydrogen-bond acceptors (Lipinski definition) is 4. The maximum absolute atomic E-state index is 12.2. The molecule has 1 atom stereocenters. The Balaban J connectivity index is 1.65. The Labute approximate surface area is 151 Å². The second-order valence-electron chi connectivity index (χ2n) is 6.16. The van der Waals surface area contributed by atoms with Gasteiger partial charge in [-0.2, -0.15) is 0 Å². The molecule has 1 unspecified atom stereocenters. The van der Waals surface area contributed by atoms with Crippen molar-refractivity contribution >= 4 is 22.7 Å². The molecule has 2 amide bonds. The highest BCUT2D eigenvalue weighted by Crippen LogP contribution is 2.28. The molecule has 2 aromatic carbocycles. The minimum absolute atomic E-state index is 0.00451. The van der Waals surface area contributed by atoms with E-state index in [1.807, 2.05) is 43.3 Å². The van der Waals surface area contributed by atoms with Gasteiger partial charge in [-0.05, 0) is 38.1 Å². The average Bonchev–Trinajstić information content (AvgIpc) is 3.07. The topological polar surface area (TPSA) is 83.7 Å². The summed E-state index contributed by atoms with van der Waals surface area (Å²) >= 11 is 0. The van der Waals surface area contributed by atoms with E-state index in [2.05, 4.69) is 10.6 Å². The molecule has 0 saturated carbocycles. The number of fused-ring (bicyclic) bond motifs is 1. The van der Waals surface area contributed by atoms with Gasteiger partial charge in [-0.15, -0.1) is 0 Å². The number of aliphatic hydroxyl groups is 1. The van der Waals surface area contributed by atoms with Crippen LogP contribution in [0.2, 0.25) is 0 Å². The molecule has 0 spiro atoms. The lowest BCUT2D eigenvalue weighted by molar-refractivity contribution is 0.0388. The largest absolute Gasteiger partial charge is 0.492 e. The summed E-state index contributed by atoms with van der Waals surface area (Å²) in [5.74, 6) is 0.989. The Hall–Kier alpha value is -2.99. The van der Waals surface area contributed by atoms with Crippen LogP contribution >= 0.6 is 0 Å². The van der Waals surface area contributed by atoms with Gasteiger partial charge in [-0.3, -0.25) is 0 Å². The third-order valence-electron chi connectivity index (χ3n) is 3.98. The molecule has 1 aromatic heterocycles. The number of ether oxygens (including phenoxy) is 1. The summed E-state index contributed by atoms with van der Waals surface area (Å²) in [5.41, 5.74) is -0.0800. The number of para-hydroxylation sites is 3. The SMILES string of the molecule is CCOc1ccccc1NC(=O)NCC(C)(O)c1cc2ccccc2o1. The van der Waals surface area contributed by atoms with Crippen molar-refractivity contribution in [1.29, 1.82) is 0 Å². The van der Waals surface area contributed by atoms with E-state index in [4.69, 9.17) is 9.15 Å². The van der Waals surface area contributed by atoms with E-state index in [0.717, 1.165) is 5.39 Å². The van der Waals surface area contributed by atoms with E-state index in [-0.39, 0.29) is 6.54 Å². The first-order valence-corrected chi connectivity index (χ1v) is 8.48. The van der Waals surface area contributed by atoms with Crippen molar-refractivity contribution in [3.63, 3.8) is 0 Å². The highest BCUT2D eigenvalue weighted by atomic mass is 16.5. The van der Waals surface area contributed by atoms with Gasteiger partial charge in [-0.25, -0.2) is 4.79 Å². The number of furan rings is 1. The zero-order valence-electron chi connectivity index (χ0n) is 14.8. The van der Waals surface area contributed by atoms with E-state index < -0.39 is 11.6 Å². The summed E-state index contributed by atoms with van der Waals surface area (Å²) in [6, 6.07) is 16.0. The number of carbonyl (C=O) groups is 1. The first-order chi connectivity index (χ1) is 12.5. The number of anilines is 1. The van der Waals surface area contributed by atoms with Crippen molar-refractivity contribution in [3.8, 4) is 5.75 Å². The Morgan fingerprint density at radius 3 is 2.69 bits per heavy atom. The molecule has 3 N–H and O–H groups in total. The van der Waals surface area contributed by atoms with Crippen LogP contribution < -0.4 is 15.4 Å². The van der Waals surface area contributed by atoms with Crippen LogP contribution in [0.25, 0.3) is 11.0 Å². The van der Waals surface area contributed by atoms with E-state index in [1.54, 1.807) is 25.1 Å². The molecule has 136 valence electrons. The van der Waals surface area contributed by atoms with Crippen LogP contribution in [0.4, 0.5) is 10.5 Å². The third-order valence-corrected chi connectivity index (χ3v) is 3.98. The van der Waals surface area contributed by atoms with Gasteiger partial charge in [0.2, 0.25) is 0 Å². The lowest BCUT2D eigenvalue weighted by Crippen LogP contribution is -2.40. The van der Waals surface area contributed by atoms with E-state index in [0.29, 0.717) is 29.4 Å². The predicted molar refractivity (Wildman–Crippen MR) is 100 cm³/mol. The van der Waals surface area contributed by atoms with Crippen molar-refractivity contribution < 1.29 is 19.1 Å². The molecule has 6 nitrogen and oxygen atoms in total. The van der Waals surface area contributed by atoms with Crippen LogP contribution in [-0.2, 0) is 5.60 Å². The fraction of sp³-hybridized carbons (Fsp3) is 0.250. The fourth-order valence-corrected chi connectivity index (χ4v) is 2.60. The minimum Gasteiger partial charge on any atom is -0.492 e. The maximum Gasteiger partial charge on any atom is 0.319 e. The zero-order chi connectivity index (χ0) is 18.6. The molecule has 26 heavy (non-hydrogen) atoms. The molecule has 0 radical (unpaired) electrons. The second-order valence-corrected chi connectivity index (χ2v) is 6.16. The van der Waals surface area contributed by atoms with Crippen LogP contribution in [-0.4, -0.2) is 24.3 Å². The Bertz CT molecular complexity index is 868. The normalized spacial score (nSPS) is 13.2. The van der Waals surface area contributed by atoms with Gasteiger partial charge in [0.15, 0.2) is 0 Å². The Morgan fingerprint density at radius 1 is 1.19 bits per heavy atom. The smallest absolute Gasteiger partial charge is 0.319 e. The molecule has 0 fully saturated rings. The summed E-state index contributed by atoms with van der Waals surface area (Å²) in [6.07, 6.45) is 0. The summed E-state index contributed by atoms with van der Waals surface area (Å²) in [4.78, 5) is 12.2. The highest BCUT2D eigenvalue weighted by molar-refractivity contribution is 5.91. The summed E-state index contributed by atoms with van der Waals surface area (Å²) in [6.45, 7) is 3.97. The number of nitrogens with one attached hydrogen (secondary N) is 2. The molecular formula is C20H22N2O4.